The van der Waals surface area contributed by atoms with Crippen LogP contribution in [0.15, 0.2) is 54.7 Å². The summed E-state index contributed by atoms with van der Waals surface area (Å²) < 4.78 is 13.3. The van der Waals surface area contributed by atoms with Crippen molar-refractivity contribution < 1.29 is 9.50 Å². The first kappa shape index (κ1) is 14.0. The van der Waals surface area contributed by atoms with E-state index in [1.54, 1.807) is 6.20 Å². The smallest absolute Gasteiger partial charge is 0.123 e. The lowest BCUT2D eigenvalue weighted by molar-refractivity contribution is 0.175. The average Bonchev–Trinajstić information content (AvgIpc) is 2.50. The molecule has 1 heterocycles. The number of nitrogens with zero attached hydrogens (tertiary/aromatic N) is 1. The summed E-state index contributed by atoms with van der Waals surface area (Å²) in [5, 5.41) is 12.8. The van der Waals surface area contributed by atoms with E-state index < -0.39 is 6.10 Å². The van der Waals surface area contributed by atoms with Gasteiger partial charge >= 0.3 is 0 Å². The summed E-state index contributed by atoms with van der Waals surface area (Å²) in [5.74, 6) is -0.368. The number of hydrogen-bond donors (Lipinski definition) is 1. The third-order valence-electron chi connectivity index (χ3n) is 3.44. The normalized spacial score (nSPS) is 12.5. The lowest BCUT2D eigenvalue weighted by Gasteiger charge is -2.13. The zero-order chi connectivity index (χ0) is 14.8. The van der Waals surface area contributed by atoms with Crippen LogP contribution in [0.5, 0.6) is 0 Å². The van der Waals surface area contributed by atoms with Crippen LogP contribution in [0.25, 0.3) is 10.8 Å². The van der Waals surface area contributed by atoms with Crippen LogP contribution in [0.2, 0.25) is 5.02 Å². The standard InChI is InChI=1S/C17H13ClFNO/c18-15-6-5-13(19)9-12(15)10-16(21)17-14-4-2-1-3-11(14)7-8-20-17/h1-9,16,21H,10H2. The number of pyridine rings is 1. The van der Waals surface area contributed by atoms with E-state index in [2.05, 4.69) is 4.98 Å². The SMILES string of the molecule is OC(Cc1cc(F)ccc1Cl)c1nccc2ccccc12. The number of benzene rings is 2. The highest BCUT2D eigenvalue weighted by molar-refractivity contribution is 6.31. The molecule has 3 aromatic rings. The van der Waals surface area contributed by atoms with Crippen molar-refractivity contribution >= 4 is 22.4 Å². The van der Waals surface area contributed by atoms with Crippen LogP contribution < -0.4 is 0 Å². The molecular weight excluding hydrogens is 289 g/mol. The maximum atomic E-state index is 13.3. The van der Waals surface area contributed by atoms with E-state index in [1.165, 1.54) is 18.2 Å². The molecule has 1 N–H and O–H groups in total. The van der Waals surface area contributed by atoms with E-state index in [-0.39, 0.29) is 12.2 Å². The van der Waals surface area contributed by atoms with Gasteiger partial charge < -0.3 is 5.11 Å². The maximum absolute atomic E-state index is 13.3. The zero-order valence-corrected chi connectivity index (χ0v) is 11.9. The molecule has 21 heavy (non-hydrogen) atoms. The summed E-state index contributed by atoms with van der Waals surface area (Å²) in [6, 6.07) is 13.7. The Balaban J connectivity index is 1.97. The highest BCUT2D eigenvalue weighted by Crippen LogP contribution is 2.27. The van der Waals surface area contributed by atoms with Crippen molar-refractivity contribution in [1.29, 1.82) is 0 Å². The minimum Gasteiger partial charge on any atom is -0.386 e. The predicted octanol–water partition coefficient (Wildman–Crippen LogP) is 4.30. The third kappa shape index (κ3) is 2.89. The molecule has 0 saturated carbocycles. The molecule has 0 amide bonds. The largest absolute Gasteiger partial charge is 0.386 e. The van der Waals surface area contributed by atoms with E-state index in [9.17, 15) is 9.50 Å². The molecule has 2 aromatic carbocycles. The summed E-state index contributed by atoms with van der Waals surface area (Å²) in [6.07, 6.45) is 1.04. The molecule has 1 atom stereocenters. The minimum absolute atomic E-state index is 0.220. The van der Waals surface area contributed by atoms with E-state index in [0.29, 0.717) is 16.3 Å². The third-order valence-corrected chi connectivity index (χ3v) is 3.81. The molecular formula is C17H13ClFNO. The van der Waals surface area contributed by atoms with Gasteiger partial charge in [-0.3, -0.25) is 4.98 Å². The van der Waals surface area contributed by atoms with Gasteiger partial charge in [0.25, 0.3) is 0 Å². The van der Waals surface area contributed by atoms with E-state index in [0.717, 1.165) is 10.8 Å². The van der Waals surface area contributed by atoms with Gasteiger partial charge in [-0.15, -0.1) is 0 Å². The Morgan fingerprint density at radius 1 is 1.14 bits per heavy atom. The van der Waals surface area contributed by atoms with E-state index in [1.807, 2.05) is 30.3 Å². The Labute approximate surface area is 126 Å². The van der Waals surface area contributed by atoms with E-state index >= 15 is 0 Å². The van der Waals surface area contributed by atoms with Crippen LogP contribution in [0, 0.1) is 5.82 Å². The molecule has 0 aliphatic rings. The first-order chi connectivity index (χ1) is 10.1. The second-order valence-corrected chi connectivity index (χ2v) is 5.28. The van der Waals surface area contributed by atoms with Crippen molar-refractivity contribution in [3.8, 4) is 0 Å². The van der Waals surface area contributed by atoms with Crippen LogP contribution in [0.3, 0.4) is 0 Å². The fourth-order valence-electron chi connectivity index (χ4n) is 2.41. The first-order valence-electron chi connectivity index (χ1n) is 6.61. The number of fused-ring (bicyclic) bond motifs is 1. The molecule has 1 aromatic heterocycles. The van der Waals surface area contributed by atoms with Gasteiger partial charge in [0.2, 0.25) is 0 Å². The van der Waals surface area contributed by atoms with Crippen LogP contribution in [-0.4, -0.2) is 10.1 Å². The quantitative estimate of drug-likeness (QED) is 0.782. The summed E-state index contributed by atoms with van der Waals surface area (Å²) in [5.41, 5.74) is 1.15. The molecule has 1 unspecified atom stereocenters. The summed E-state index contributed by atoms with van der Waals surface area (Å²) in [7, 11) is 0. The zero-order valence-electron chi connectivity index (χ0n) is 11.1. The molecule has 4 heteroatoms. The van der Waals surface area contributed by atoms with E-state index in [4.69, 9.17) is 11.6 Å². The number of halogens is 2. The maximum Gasteiger partial charge on any atom is 0.123 e. The Morgan fingerprint density at radius 2 is 1.95 bits per heavy atom. The minimum atomic E-state index is -0.838. The van der Waals surface area contributed by atoms with Crippen molar-refractivity contribution in [2.45, 2.75) is 12.5 Å². The molecule has 0 spiro atoms. The van der Waals surface area contributed by atoms with Gasteiger partial charge in [-0.25, -0.2) is 4.39 Å². The Hall–Kier alpha value is -1.97. The Bertz CT molecular complexity index is 785. The molecule has 0 saturated heterocycles. The van der Waals surface area contributed by atoms with Crippen molar-refractivity contribution in [3.05, 3.63) is 76.8 Å². The molecule has 3 rings (SSSR count). The van der Waals surface area contributed by atoms with Crippen LogP contribution in [0.1, 0.15) is 17.4 Å². The lowest BCUT2D eigenvalue weighted by atomic mass is 10.0. The van der Waals surface area contributed by atoms with Gasteiger partial charge in [0, 0.05) is 23.0 Å². The topological polar surface area (TPSA) is 33.1 Å². The van der Waals surface area contributed by atoms with Crippen molar-refractivity contribution in [1.82, 2.24) is 4.98 Å². The predicted molar refractivity (Wildman–Crippen MR) is 81.8 cm³/mol. The number of aromatic nitrogens is 1. The fourth-order valence-corrected chi connectivity index (χ4v) is 2.61. The summed E-state index contributed by atoms with van der Waals surface area (Å²) >= 11 is 6.05. The number of aliphatic hydroxyl groups excluding tert-OH is 1. The van der Waals surface area contributed by atoms with Crippen LogP contribution in [-0.2, 0) is 6.42 Å². The highest BCUT2D eigenvalue weighted by Gasteiger charge is 2.15. The molecule has 0 bridgehead atoms. The second-order valence-electron chi connectivity index (χ2n) is 4.87. The number of aliphatic hydroxyl groups is 1. The van der Waals surface area contributed by atoms with Gasteiger partial charge in [-0.1, -0.05) is 35.9 Å². The van der Waals surface area contributed by atoms with Gasteiger partial charge in [-0.05, 0) is 35.2 Å². The highest BCUT2D eigenvalue weighted by atomic mass is 35.5. The monoisotopic (exact) mass is 301 g/mol. The van der Waals surface area contributed by atoms with Crippen LogP contribution >= 0.6 is 11.6 Å². The van der Waals surface area contributed by atoms with Gasteiger partial charge in [0.05, 0.1) is 5.69 Å². The van der Waals surface area contributed by atoms with Crippen molar-refractivity contribution in [2.24, 2.45) is 0 Å². The first-order valence-corrected chi connectivity index (χ1v) is 6.98. The molecule has 0 aliphatic carbocycles. The van der Waals surface area contributed by atoms with Crippen molar-refractivity contribution in [3.63, 3.8) is 0 Å². The van der Waals surface area contributed by atoms with Gasteiger partial charge in [0.1, 0.15) is 11.9 Å². The lowest BCUT2D eigenvalue weighted by Crippen LogP contribution is -2.05. The molecule has 106 valence electrons. The molecule has 0 fully saturated rings. The molecule has 0 aliphatic heterocycles. The van der Waals surface area contributed by atoms with Gasteiger partial charge in [-0.2, -0.15) is 0 Å². The van der Waals surface area contributed by atoms with Crippen LogP contribution in [0.4, 0.5) is 4.39 Å². The Morgan fingerprint density at radius 3 is 2.81 bits per heavy atom. The summed E-state index contributed by atoms with van der Waals surface area (Å²) in [6.45, 7) is 0. The molecule has 0 radical (unpaired) electrons. The number of rotatable bonds is 3. The fraction of sp³-hybridized carbons (Fsp3) is 0.118. The summed E-state index contributed by atoms with van der Waals surface area (Å²) in [4.78, 5) is 4.27. The Kier molecular flexibility index (Phi) is 3.86. The second kappa shape index (κ2) is 5.80. The molecule has 2 nitrogen and oxygen atoms in total. The van der Waals surface area contributed by atoms with Crippen molar-refractivity contribution in [2.75, 3.05) is 0 Å². The number of hydrogen-bond acceptors (Lipinski definition) is 2. The van der Waals surface area contributed by atoms with Gasteiger partial charge in [0.15, 0.2) is 0 Å². The average molecular weight is 302 g/mol.